The van der Waals surface area contributed by atoms with E-state index < -0.39 is 0 Å². The predicted molar refractivity (Wildman–Crippen MR) is 84.0 cm³/mol. The van der Waals surface area contributed by atoms with E-state index in [0.717, 1.165) is 0 Å². The Bertz CT molecular complexity index is 732. The molecule has 1 nitrogen and oxygen atoms in total. The number of benzene rings is 2. The molecule has 0 fully saturated rings. The van der Waals surface area contributed by atoms with Crippen molar-refractivity contribution in [3.05, 3.63) is 47.7 Å². The van der Waals surface area contributed by atoms with Crippen LogP contribution in [0.3, 0.4) is 0 Å². The topological polar surface area (TPSA) is 15.8 Å². The summed E-state index contributed by atoms with van der Waals surface area (Å²) in [5.41, 5.74) is 4.00. The quantitative estimate of drug-likeness (QED) is 0.613. The molecule has 0 bridgehead atoms. The Kier molecular flexibility index (Phi) is 2.85. The van der Waals surface area contributed by atoms with E-state index >= 15 is 0 Å². The highest BCUT2D eigenvalue weighted by atomic mass is 14.7. The normalized spacial score (nSPS) is 12.1. The maximum atomic E-state index is 3.60. The summed E-state index contributed by atoms with van der Waals surface area (Å²) in [4.78, 5) is 3.60. The lowest BCUT2D eigenvalue weighted by atomic mass is 9.98. The van der Waals surface area contributed by atoms with Crippen molar-refractivity contribution in [3.8, 4) is 0 Å². The van der Waals surface area contributed by atoms with Crippen molar-refractivity contribution in [1.82, 2.24) is 4.98 Å². The van der Waals surface area contributed by atoms with Crippen molar-refractivity contribution in [2.45, 2.75) is 39.5 Å². The van der Waals surface area contributed by atoms with Crippen LogP contribution in [-0.4, -0.2) is 4.98 Å². The van der Waals surface area contributed by atoms with Crippen LogP contribution in [0.25, 0.3) is 21.7 Å². The van der Waals surface area contributed by atoms with Gasteiger partial charge in [0.2, 0.25) is 0 Å². The Labute approximate surface area is 114 Å². The van der Waals surface area contributed by atoms with Gasteiger partial charge in [-0.1, -0.05) is 52.0 Å². The van der Waals surface area contributed by atoms with E-state index in [1.807, 2.05) is 0 Å². The van der Waals surface area contributed by atoms with Gasteiger partial charge in [-0.05, 0) is 34.9 Å². The SMILES string of the molecule is CC(C)c1ccc2ccc3cc(C(C)C)[nH]c3c2c1. The van der Waals surface area contributed by atoms with E-state index in [0.29, 0.717) is 11.8 Å². The van der Waals surface area contributed by atoms with Crippen molar-refractivity contribution in [2.24, 2.45) is 0 Å². The molecule has 0 unspecified atom stereocenters. The molecular formula is C18H21N. The lowest BCUT2D eigenvalue weighted by molar-refractivity contribution is 0.837. The third kappa shape index (κ3) is 2.03. The first kappa shape index (κ1) is 12.3. The second-order valence-corrected chi connectivity index (χ2v) is 6.04. The van der Waals surface area contributed by atoms with Gasteiger partial charge in [0.15, 0.2) is 0 Å². The van der Waals surface area contributed by atoms with Crippen LogP contribution in [0, 0.1) is 0 Å². The molecule has 3 rings (SSSR count). The molecule has 0 atom stereocenters. The second kappa shape index (κ2) is 4.41. The highest BCUT2D eigenvalue weighted by molar-refractivity contribution is 6.06. The first-order valence-electron chi connectivity index (χ1n) is 7.11. The third-order valence-electron chi connectivity index (χ3n) is 3.95. The van der Waals surface area contributed by atoms with Crippen molar-refractivity contribution >= 4 is 21.7 Å². The van der Waals surface area contributed by atoms with Crippen LogP contribution in [0.15, 0.2) is 36.4 Å². The summed E-state index contributed by atoms with van der Waals surface area (Å²) in [6.07, 6.45) is 0. The molecule has 0 spiro atoms. The van der Waals surface area contributed by atoms with Gasteiger partial charge in [0.05, 0.1) is 5.52 Å². The van der Waals surface area contributed by atoms with E-state index in [2.05, 4.69) is 69.1 Å². The summed E-state index contributed by atoms with van der Waals surface area (Å²) in [5.74, 6) is 1.11. The van der Waals surface area contributed by atoms with Crippen LogP contribution in [0.2, 0.25) is 0 Å². The molecule has 3 aromatic rings. The van der Waals surface area contributed by atoms with Gasteiger partial charge < -0.3 is 4.98 Å². The second-order valence-electron chi connectivity index (χ2n) is 6.04. The van der Waals surface area contributed by atoms with Gasteiger partial charge in [0.25, 0.3) is 0 Å². The average molecular weight is 251 g/mol. The summed E-state index contributed by atoms with van der Waals surface area (Å²) >= 11 is 0. The largest absolute Gasteiger partial charge is 0.358 e. The van der Waals surface area contributed by atoms with Crippen LogP contribution in [0.1, 0.15) is 50.8 Å². The van der Waals surface area contributed by atoms with Crippen LogP contribution < -0.4 is 0 Å². The van der Waals surface area contributed by atoms with Gasteiger partial charge in [-0.25, -0.2) is 0 Å². The van der Waals surface area contributed by atoms with E-state index in [1.54, 1.807) is 0 Å². The van der Waals surface area contributed by atoms with Crippen molar-refractivity contribution in [1.29, 1.82) is 0 Å². The van der Waals surface area contributed by atoms with E-state index in [1.165, 1.54) is 32.9 Å². The summed E-state index contributed by atoms with van der Waals surface area (Å²) in [5, 5.41) is 3.97. The zero-order chi connectivity index (χ0) is 13.6. The van der Waals surface area contributed by atoms with Crippen LogP contribution in [0.4, 0.5) is 0 Å². The van der Waals surface area contributed by atoms with Gasteiger partial charge >= 0.3 is 0 Å². The number of nitrogens with one attached hydrogen (secondary N) is 1. The molecule has 1 heterocycles. The molecule has 98 valence electrons. The third-order valence-corrected chi connectivity index (χ3v) is 3.95. The monoisotopic (exact) mass is 251 g/mol. The molecule has 0 saturated heterocycles. The number of H-pyrrole nitrogens is 1. The molecule has 19 heavy (non-hydrogen) atoms. The lowest BCUT2D eigenvalue weighted by Crippen LogP contribution is -1.88. The molecule has 0 aliphatic rings. The molecule has 1 N–H and O–H groups in total. The molecule has 0 radical (unpaired) electrons. The Morgan fingerprint density at radius 2 is 1.47 bits per heavy atom. The predicted octanol–water partition coefficient (Wildman–Crippen LogP) is 5.57. The first-order valence-corrected chi connectivity index (χ1v) is 7.11. The minimum absolute atomic E-state index is 0.538. The molecular weight excluding hydrogens is 230 g/mol. The number of rotatable bonds is 2. The summed E-state index contributed by atoms with van der Waals surface area (Å²) in [7, 11) is 0. The lowest BCUT2D eigenvalue weighted by Gasteiger charge is -2.07. The summed E-state index contributed by atoms with van der Waals surface area (Å²) < 4.78 is 0. The molecule has 2 aromatic carbocycles. The van der Waals surface area contributed by atoms with E-state index in [4.69, 9.17) is 0 Å². The first-order chi connectivity index (χ1) is 9.06. The van der Waals surface area contributed by atoms with Crippen LogP contribution in [0.5, 0.6) is 0 Å². The Balaban J connectivity index is 2.33. The summed E-state index contributed by atoms with van der Waals surface area (Å²) in [6.45, 7) is 8.95. The molecule has 0 saturated carbocycles. The fourth-order valence-corrected chi connectivity index (χ4v) is 2.63. The minimum atomic E-state index is 0.538. The number of hydrogen-bond acceptors (Lipinski definition) is 0. The Morgan fingerprint density at radius 3 is 2.16 bits per heavy atom. The average Bonchev–Trinajstić information content (AvgIpc) is 2.82. The maximum absolute atomic E-state index is 3.60. The Morgan fingerprint density at radius 1 is 0.789 bits per heavy atom. The van der Waals surface area contributed by atoms with Gasteiger partial charge in [0.1, 0.15) is 0 Å². The maximum Gasteiger partial charge on any atom is 0.0535 e. The number of aromatic amines is 1. The number of hydrogen-bond donors (Lipinski definition) is 1. The highest BCUT2D eigenvalue weighted by Crippen LogP contribution is 2.30. The van der Waals surface area contributed by atoms with E-state index in [9.17, 15) is 0 Å². The molecule has 1 aromatic heterocycles. The number of fused-ring (bicyclic) bond motifs is 3. The van der Waals surface area contributed by atoms with Crippen molar-refractivity contribution in [3.63, 3.8) is 0 Å². The van der Waals surface area contributed by atoms with Crippen molar-refractivity contribution in [2.75, 3.05) is 0 Å². The smallest absolute Gasteiger partial charge is 0.0535 e. The van der Waals surface area contributed by atoms with Gasteiger partial charge in [-0.15, -0.1) is 0 Å². The fourth-order valence-electron chi connectivity index (χ4n) is 2.63. The van der Waals surface area contributed by atoms with Gasteiger partial charge in [0, 0.05) is 16.5 Å². The van der Waals surface area contributed by atoms with Gasteiger partial charge in [-0.2, -0.15) is 0 Å². The minimum Gasteiger partial charge on any atom is -0.358 e. The van der Waals surface area contributed by atoms with Crippen LogP contribution >= 0.6 is 0 Å². The zero-order valence-corrected chi connectivity index (χ0v) is 12.1. The van der Waals surface area contributed by atoms with Gasteiger partial charge in [-0.3, -0.25) is 0 Å². The molecule has 0 aliphatic heterocycles. The molecule has 0 aliphatic carbocycles. The standard InChI is InChI=1S/C18H21N/c1-11(2)14-7-5-13-6-8-15-10-17(12(3)4)19-18(15)16(13)9-14/h5-12,19H,1-4H3. The Hall–Kier alpha value is -1.76. The summed E-state index contributed by atoms with van der Waals surface area (Å²) in [6, 6.07) is 13.5. The van der Waals surface area contributed by atoms with Crippen molar-refractivity contribution < 1.29 is 0 Å². The van der Waals surface area contributed by atoms with Crippen LogP contribution in [-0.2, 0) is 0 Å². The highest BCUT2D eigenvalue weighted by Gasteiger charge is 2.08. The molecule has 0 amide bonds. The zero-order valence-electron chi connectivity index (χ0n) is 12.1. The molecule has 1 heteroatoms. The fraction of sp³-hybridized carbons (Fsp3) is 0.333. The number of aromatic nitrogens is 1. The van der Waals surface area contributed by atoms with E-state index in [-0.39, 0.29) is 0 Å².